The maximum absolute atomic E-state index is 11.0. The van der Waals surface area contributed by atoms with E-state index < -0.39 is 30.1 Å². The number of rotatable bonds is 7. The molecule has 0 spiro atoms. The Bertz CT molecular complexity index is 404. The molecule has 1 atom stereocenters. The predicted octanol–water partition coefficient (Wildman–Crippen LogP) is 0.764. The summed E-state index contributed by atoms with van der Waals surface area (Å²) in [5.74, 6) is -3.00. The fourth-order valence-electron chi connectivity index (χ4n) is 1.53. The summed E-state index contributed by atoms with van der Waals surface area (Å²) in [6.07, 6.45) is 0.475. The number of aliphatic carboxylic acids is 2. The lowest BCUT2D eigenvalue weighted by Gasteiger charge is -2.15. The first kappa shape index (κ1) is 15.2. The Morgan fingerprint density at radius 3 is 2.37 bits per heavy atom. The van der Waals surface area contributed by atoms with Gasteiger partial charge in [0.05, 0.1) is 0 Å². The highest BCUT2D eigenvalue weighted by Crippen LogP contribution is 2.24. The SMILES string of the molecule is CCOC(C=C1C=C(C(=O)O)OC1C(=O)O)OCC. The van der Waals surface area contributed by atoms with E-state index in [0.717, 1.165) is 6.08 Å². The van der Waals surface area contributed by atoms with E-state index in [1.54, 1.807) is 13.8 Å². The molecule has 0 radical (unpaired) electrons. The Labute approximate surface area is 110 Å². The van der Waals surface area contributed by atoms with Gasteiger partial charge in [-0.15, -0.1) is 0 Å². The molecular weight excluding hydrogens is 256 g/mol. The molecule has 0 saturated carbocycles. The molecule has 0 aliphatic carbocycles. The molecule has 1 aliphatic heterocycles. The Hall–Kier alpha value is -1.86. The lowest BCUT2D eigenvalue weighted by Crippen LogP contribution is -2.24. The van der Waals surface area contributed by atoms with Crippen LogP contribution in [-0.2, 0) is 23.8 Å². The van der Waals surface area contributed by atoms with E-state index in [9.17, 15) is 9.59 Å². The molecule has 0 aromatic heterocycles. The summed E-state index contributed by atoms with van der Waals surface area (Å²) in [7, 11) is 0. The topological polar surface area (TPSA) is 102 Å². The van der Waals surface area contributed by atoms with Crippen LogP contribution >= 0.6 is 0 Å². The lowest BCUT2D eigenvalue weighted by atomic mass is 10.1. The summed E-state index contributed by atoms with van der Waals surface area (Å²) in [6, 6.07) is 0. The molecule has 1 aliphatic rings. The minimum atomic E-state index is -1.35. The van der Waals surface area contributed by atoms with Crippen LogP contribution in [0.3, 0.4) is 0 Å². The molecule has 1 rings (SSSR count). The van der Waals surface area contributed by atoms with Crippen molar-refractivity contribution in [2.24, 2.45) is 0 Å². The smallest absolute Gasteiger partial charge is 0.371 e. The fourth-order valence-corrected chi connectivity index (χ4v) is 1.53. The van der Waals surface area contributed by atoms with Gasteiger partial charge in [0.1, 0.15) is 0 Å². The van der Waals surface area contributed by atoms with Crippen LogP contribution in [0.2, 0.25) is 0 Å². The number of hydrogen-bond donors (Lipinski definition) is 2. The average molecular weight is 272 g/mol. The number of carboxylic acid groups (broad SMARTS) is 2. The first-order valence-electron chi connectivity index (χ1n) is 5.78. The number of hydrogen-bond acceptors (Lipinski definition) is 5. The summed E-state index contributed by atoms with van der Waals surface area (Å²) < 4.78 is 15.3. The molecule has 7 heteroatoms. The standard InChI is InChI=1S/C12H16O7/c1-3-17-9(18-4-2)6-7-5-8(11(13)14)19-10(7)12(15)16/h5-6,9-10H,3-4H2,1-2H3,(H,13,14)(H,15,16). The highest BCUT2D eigenvalue weighted by atomic mass is 16.7. The Kier molecular flexibility index (Phi) is 5.53. The summed E-state index contributed by atoms with van der Waals surface area (Å²) in [5.41, 5.74) is 0.191. The van der Waals surface area contributed by atoms with Gasteiger partial charge in [0.2, 0.25) is 11.9 Å². The van der Waals surface area contributed by atoms with Crippen molar-refractivity contribution in [3.05, 3.63) is 23.5 Å². The maximum atomic E-state index is 11.0. The Balaban J connectivity index is 2.96. The van der Waals surface area contributed by atoms with E-state index in [2.05, 4.69) is 0 Å². The predicted molar refractivity (Wildman–Crippen MR) is 63.4 cm³/mol. The van der Waals surface area contributed by atoms with E-state index in [-0.39, 0.29) is 5.57 Å². The third kappa shape index (κ3) is 4.08. The summed E-state index contributed by atoms with van der Waals surface area (Å²) in [5, 5.41) is 17.8. The van der Waals surface area contributed by atoms with E-state index in [1.807, 2.05) is 0 Å². The molecule has 1 heterocycles. The molecule has 2 N–H and O–H groups in total. The third-order valence-corrected chi connectivity index (χ3v) is 2.27. The van der Waals surface area contributed by atoms with Gasteiger partial charge in [0.15, 0.2) is 6.29 Å². The van der Waals surface area contributed by atoms with Crippen molar-refractivity contribution in [2.75, 3.05) is 13.2 Å². The minimum absolute atomic E-state index is 0.191. The zero-order valence-corrected chi connectivity index (χ0v) is 10.7. The first-order chi connectivity index (χ1) is 8.99. The van der Waals surface area contributed by atoms with Crippen molar-refractivity contribution in [3.63, 3.8) is 0 Å². The van der Waals surface area contributed by atoms with Crippen LogP contribution in [0, 0.1) is 0 Å². The zero-order valence-electron chi connectivity index (χ0n) is 10.7. The van der Waals surface area contributed by atoms with Crippen LogP contribution in [0.4, 0.5) is 0 Å². The van der Waals surface area contributed by atoms with Crippen LogP contribution in [0.15, 0.2) is 23.5 Å². The average Bonchev–Trinajstić information content (AvgIpc) is 2.74. The van der Waals surface area contributed by atoms with Crippen LogP contribution in [-0.4, -0.2) is 47.8 Å². The maximum Gasteiger partial charge on any atom is 0.371 e. The Morgan fingerprint density at radius 2 is 1.95 bits per heavy atom. The van der Waals surface area contributed by atoms with Gasteiger partial charge in [-0.2, -0.15) is 0 Å². The molecule has 7 nitrogen and oxygen atoms in total. The van der Waals surface area contributed by atoms with E-state index in [1.165, 1.54) is 6.08 Å². The van der Waals surface area contributed by atoms with Crippen molar-refractivity contribution in [2.45, 2.75) is 26.2 Å². The largest absolute Gasteiger partial charge is 0.478 e. The first-order valence-corrected chi connectivity index (χ1v) is 5.78. The van der Waals surface area contributed by atoms with E-state index >= 15 is 0 Å². The fraction of sp³-hybridized carbons (Fsp3) is 0.500. The molecule has 106 valence electrons. The minimum Gasteiger partial charge on any atom is -0.478 e. The lowest BCUT2D eigenvalue weighted by molar-refractivity contribution is -0.147. The van der Waals surface area contributed by atoms with Gasteiger partial charge in [0, 0.05) is 18.8 Å². The van der Waals surface area contributed by atoms with Crippen molar-refractivity contribution >= 4 is 11.9 Å². The van der Waals surface area contributed by atoms with Gasteiger partial charge in [-0.1, -0.05) is 0 Å². The zero-order chi connectivity index (χ0) is 14.4. The summed E-state index contributed by atoms with van der Waals surface area (Å²) >= 11 is 0. The summed E-state index contributed by atoms with van der Waals surface area (Å²) in [4.78, 5) is 21.8. The summed E-state index contributed by atoms with van der Waals surface area (Å²) in [6.45, 7) is 4.29. The van der Waals surface area contributed by atoms with Crippen LogP contribution in [0.1, 0.15) is 13.8 Å². The van der Waals surface area contributed by atoms with Crippen molar-refractivity contribution < 1.29 is 34.0 Å². The van der Waals surface area contributed by atoms with Gasteiger partial charge in [-0.05, 0) is 26.0 Å². The third-order valence-electron chi connectivity index (χ3n) is 2.27. The van der Waals surface area contributed by atoms with Crippen molar-refractivity contribution in [1.82, 2.24) is 0 Å². The molecule has 0 bridgehead atoms. The van der Waals surface area contributed by atoms with Gasteiger partial charge >= 0.3 is 11.9 Å². The second kappa shape index (κ2) is 6.91. The molecule has 19 heavy (non-hydrogen) atoms. The molecule has 0 aromatic carbocycles. The molecule has 0 saturated heterocycles. The quantitative estimate of drug-likeness (QED) is 0.659. The van der Waals surface area contributed by atoms with Crippen LogP contribution in [0.5, 0.6) is 0 Å². The normalized spacial score (nSPS) is 20.5. The van der Waals surface area contributed by atoms with Gasteiger partial charge < -0.3 is 24.4 Å². The number of carboxylic acids is 2. The van der Waals surface area contributed by atoms with Gasteiger partial charge in [-0.25, -0.2) is 9.59 Å². The van der Waals surface area contributed by atoms with Crippen LogP contribution < -0.4 is 0 Å². The Morgan fingerprint density at radius 1 is 1.37 bits per heavy atom. The molecule has 0 fully saturated rings. The van der Waals surface area contributed by atoms with E-state index in [4.69, 9.17) is 24.4 Å². The van der Waals surface area contributed by atoms with Gasteiger partial charge in [0.25, 0.3) is 0 Å². The van der Waals surface area contributed by atoms with Crippen LogP contribution in [0.25, 0.3) is 0 Å². The molecule has 1 unspecified atom stereocenters. The number of ether oxygens (including phenoxy) is 3. The molecule has 0 amide bonds. The molecular formula is C12H16O7. The monoisotopic (exact) mass is 272 g/mol. The highest BCUT2D eigenvalue weighted by molar-refractivity contribution is 5.89. The van der Waals surface area contributed by atoms with Crippen molar-refractivity contribution in [3.8, 4) is 0 Å². The second-order valence-electron chi connectivity index (χ2n) is 3.60. The number of carbonyl (C=O) groups is 2. The van der Waals surface area contributed by atoms with Gasteiger partial charge in [-0.3, -0.25) is 0 Å². The molecule has 0 aromatic rings. The second-order valence-corrected chi connectivity index (χ2v) is 3.60. The highest BCUT2D eigenvalue weighted by Gasteiger charge is 2.33. The van der Waals surface area contributed by atoms with E-state index in [0.29, 0.717) is 13.2 Å². The van der Waals surface area contributed by atoms with Crippen molar-refractivity contribution in [1.29, 1.82) is 0 Å².